The molecular formula is C9H13N2O9P. The summed E-state index contributed by atoms with van der Waals surface area (Å²) in [4.78, 5) is 43.8. The van der Waals surface area contributed by atoms with Gasteiger partial charge >= 0.3 is 13.5 Å². The average Bonchev–Trinajstić information content (AvgIpc) is 2.64. The Bertz CT molecular complexity index is 664. The predicted octanol–water partition coefficient (Wildman–Crippen LogP) is -2.67. The van der Waals surface area contributed by atoms with E-state index in [-0.39, 0.29) is 5.56 Å². The van der Waals surface area contributed by atoms with Gasteiger partial charge in [-0.15, -0.1) is 0 Å². The van der Waals surface area contributed by atoms with Crippen LogP contribution in [0.4, 0.5) is 0 Å². The number of aliphatic hydroxyl groups excluding tert-OH is 2. The van der Waals surface area contributed by atoms with Crippen molar-refractivity contribution in [3.05, 3.63) is 32.6 Å². The number of phosphoric acid groups is 1. The lowest BCUT2D eigenvalue weighted by atomic mass is 10.0. The van der Waals surface area contributed by atoms with Crippen LogP contribution < -0.4 is 11.2 Å². The molecule has 0 aliphatic carbocycles. The SMILES string of the molecule is O=c1[nH]cc([C@@H]2OC(COP(=O)(O)O)[C@@H](O)[C@H]2O)c(=O)[nH]1. The molecule has 0 aromatic carbocycles. The molecule has 1 aromatic heterocycles. The molecule has 6 N–H and O–H groups in total. The summed E-state index contributed by atoms with van der Waals surface area (Å²) < 4.78 is 20.0. The molecule has 1 aromatic rings. The van der Waals surface area contributed by atoms with Crippen molar-refractivity contribution in [2.45, 2.75) is 24.4 Å². The van der Waals surface area contributed by atoms with Gasteiger partial charge in [-0.05, 0) is 0 Å². The maximum absolute atomic E-state index is 11.6. The predicted molar refractivity (Wildman–Crippen MR) is 65.3 cm³/mol. The maximum Gasteiger partial charge on any atom is 0.469 e. The molecule has 12 heteroatoms. The van der Waals surface area contributed by atoms with Gasteiger partial charge in [0.15, 0.2) is 0 Å². The minimum Gasteiger partial charge on any atom is -0.387 e. The summed E-state index contributed by atoms with van der Waals surface area (Å²) >= 11 is 0. The van der Waals surface area contributed by atoms with Gasteiger partial charge in [0, 0.05) is 6.20 Å². The summed E-state index contributed by atoms with van der Waals surface area (Å²) in [5.74, 6) is 0. The third kappa shape index (κ3) is 3.66. The van der Waals surface area contributed by atoms with E-state index in [0.717, 1.165) is 6.20 Å². The number of phosphoric ester groups is 1. The fourth-order valence-electron chi connectivity index (χ4n) is 1.95. The number of aromatic amines is 2. The van der Waals surface area contributed by atoms with E-state index in [4.69, 9.17) is 14.5 Å². The summed E-state index contributed by atoms with van der Waals surface area (Å²) in [7, 11) is -4.76. The third-order valence-corrected chi connectivity index (χ3v) is 3.41. The van der Waals surface area contributed by atoms with Gasteiger partial charge in [0.1, 0.15) is 24.4 Å². The normalized spacial score (nSPS) is 29.7. The second-order valence-electron chi connectivity index (χ2n) is 4.39. The van der Waals surface area contributed by atoms with Crippen LogP contribution in [0.25, 0.3) is 0 Å². The molecular weight excluding hydrogens is 311 g/mol. The molecule has 1 saturated heterocycles. The van der Waals surface area contributed by atoms with E-state index in [1.807, 2.05) is 4.98 Å². The fourth-order valence-corrected chi connectivity index (χ4v) is 2.29. The number of hydrogen-bond donors (Lipinski definition) is 6. The van der Waals surface area contributed by atoms with Gasteiger partial charge in [-0.3, -0.25) is 14.3 Å². The Kier molecular flexibility index (Phi) is 4.44. The molecule has 0 bridgehead atoms. The minimum atomic E-state index is -4.76. The highest BCUT2D eigenvalue weighted by molar-refractivity contribution is 7.46. The number of rotatable bonds is 4. The second-order valence-corrected chi connectivity index (χ2v) is 5.63. The topological polar surface area (TPSA) is 182 Å². The number of ether oxygens (including phenoxy) is 1. The van der Waals surface area contributed by atoms with E-state index in [2.05, 4.69) is 9.51 Å². The van der Waals surface area contributed by atoms with Crippen LogP contribution in [-0.2, 0) is 13.8 Å². The first-order valence-electron chi connectivity index (χ1n) is 5.72. The highest BCUT2D eigenvalue weighted by Crippen LogP contribution is 2.38. The first-order valence-corrected chi connectivity index (χ1v) is 7.25. The number of aromatic nitrogens is 2. The van der Waals surface area contributed by atoms with E-state index in [0.29, 0.717) is 0 Å². The summed E-state index contributed by atoms with van der Waals surface area (Å²) in [6.45, 7) is -0.680. The Hall–Kier alpha value is -1.33. The Morgan fingerprint density at radius 1 is 1.29 bits per heavy atom. The van der Waals surface area contributed by atoms with E-state index in [1.165, 1.54) is 0 Å². The zero-order valence-electron chi connectivity index (χ0n) is 10.4. The molecule has 0 saturated carbocycles. The van der Waals surface area contributed by atoms with Crippen LogP contribution in [0.1, 0.15) is 11.7 Å². The molecule has 2 heterocycles. The summed E-state index contributed by atoms with van der Waals surface area (Å²) in [6.07, 6.45) is -4.54. The quantitative estimate of drug-likeness (QED) is 0.322. The second kappa shape index (κ2) is 5.81. The van der Waals surface area contributed by atoms with E-state index in [9.17, 15) is 24.4 Å². The van der Waals surface area contributed by atoms with Crippen molar-refractivity contribution in [2.24, 2.45) is 0 Å². The van der Waals surface area contributed by atoms with Gasteiger partial charge in [0.25, 0.3) is 5.56 Å². The monoisotopic (exact) mass is 324 g/mol. The molecule has 1 aliphatic rings. The Morgan fingerprint density at radius 3 is 2.52 bits per heavy atom. The van der Waals surface area contributed by atoms with Gasteiger partial charge < -0.3 is 29.7 Å². The molecule has 1 aliphatic heterocycles. The van der Waals surface area contributed by atoms with E-state index >= 15 is 0 Å². The Labute approximate surface area is 116 Å². The van der Waals surface area contributed by atoms with Crippen molar-refractivity contribution in [3.8, 4) is 0 Å². The summed E-state index contributed by atoms with van der Waals surface area (Å²) in [5.41, 5.74) is -1.70. The largest absolute Gasteiger partial charge is 0.469 e. The van der Waals surface area contributed by atoms with Crippen molar-refractivity contribution >= 4 is 7.82 Å². The van der Waals surface area contributed by atoms with E-state index in [1.54, 1.807) is 0 Å². The molecule has 118 valence electrons. The first kappa shape index (κ1) is 16.0. The zero-order valence-corrected chi connectivity index (χ0v) is 11.3. The van der Waals surface area contributed by atoms with Crippen molar-refractivity contribution < 1.29 is 33.8 Å². The van der Waals surface area contributed by atoms with Crippen LogP contribution in [0.15, 0.2) is 15.8 Å². The molecule has 2 rings (SSSR count). The van der Waals surface area contributed by atoms with Crippen LogP contribution in [0.5, 0.6) is 0 Å². The van der Waals surface area contributed by atoms with Crippen LogP contribution in [0, 0.1) is 0 Å². The lowest BCUT2D eigenvalue weighted by Crippen LogP contribution is -2.34. The molecule has 4 atom stereocenters. The molecule has 21 heavy (non-hydrogen) atoms. The molecule has 1 unspecified atom stereocenters. The lowest BCUT2D eigenvalue weighted by Gasteiger charge is -2.14. The maximum atomic E-state index is 11.6. The molecule has 0 radical (unpaired) electrons. The minimum absolute atomic E-state index is 0.139. The Morgan fingerprint density at radius 2 is 1.95 bits per heavy atom. The molecule has 11 nitrogen and oxygen atoms in total. The van der Waals surface area contributed by atoms with Gasteiger partial charge in [-0.25, -0.2) is 9.36 Å². The fraction of sp³-hybridized carbons (Fsp3) is 0.556. The van der Waals surface area contributed by atoms with Crippen molar-refractivity contribution in [3.63, 3.8) is 0 Å². The number of aliphatic hydroxyl groups is 2. The average molecular weight is 324 g/mol. The molecule has 0 amide bonds. The van der Waals surface area contributed by atoms with Crippen molar-refractivity contribution in [2.75, 3.05) is 6.61 Å². The van der Waals surface area contributed by atoms with Gasteiger partial charge in [0.05, 0.1) is 12.2 Å². The number of H-pyrrole nitrogens is 2. The highest BCUT2D eigenvalue weighted by Gasteiger charge is 2.45. The third-order valence-electron chi connectivity index (χ3n) is 2.92. The smallest absolute Gasteiger partial charge is 0.387 e. The summed E-state index contributed by atoms with van der Waals surface area (Å²) in [5, 5.41) is 19.6. The lowest BCUT2D eigenvalue weighted by molar-refractivity contribution is -0.0228. The van der Waals surface area contributed by atoms with Crippen molar-refractivity contribution in [1.82, 2.24) is 9.97 Å². The summed E-state index contributed by atoms with van der Waals surface area (Å²) in [6, 6.07) is 0. The van der Waals surface area contributed by atoms with Crippen LogP contribution in [0.3, 0.4) is 0 Å². The number of nitrogens with one attached hydrogen (secondary N) is 2. The van der Waals surface area contributed by atoms with Crippen LogP contribution in [-0.4, -0.2) is 54.9 Å². The Balaban J connectivity index is 2.18. The van der Waals surface area contributed by atoms with Crippen LogP contribution >= 0.6 is 7.82 Å². The highest BCUT2D eigenvalue weighted by atomic mass is 31.2. The van der Waals surface area contributed by atoms with Gasteiger partial charge in [-0.2, -0.15) is 0 Å². The molecule has 1 fully saturated rings. The van der Waals surface area contributed by atoms with E-state index < -0.39 is 50.1 Å². The first-order chi connectivity index (χ1) is 9.69. The van der Waals surface area contributed by atoms with Gasteiger partial charge in [-0.1, -0.05) is 0 Å². The van der Waals surface area contributed by atoms with Crippen LogP contribution in [0.2, 0.25) is 0 Å². The van der Waals surface area contributed by atoms with Gasteiger partial charge in [0.2, 0.25) is 0 Å². The zero-order chi connectivity index (χ0) is 15.8. The number of hydrogen-bond acceptors (Lipinski definition) is 7. The standard InChI is InChI=1S/C9H13N2O9P/c12-5-4(2-19-21(16,17)18)20-7(6(5)13)3-1-10-9(15)11-8(3)14/h1,4-7,12-13H,2H2,(H2,16,17,18)(H2,10,11,14,15)/t4?,5-,6-,7+/m1/s1. The molecule has 0 spiro atoms. The van der Waals surface area contributed by atoms with Crippen molar-refractivity contribution in [1.29, 1.82) is 0 Å².